The maximum atomic E-state index is 6.11. The highest BCUT2D eigenvalue weighted by Gasteiger charge is 2.15. The molecular formula is C19H18N2O. The summed E-state index contributed by atoms with van der Waals surface area (Å²) in [6.07, 6.45) is 5.10. The molecule has 3 nitrogen and oxygen atoms in total. The number of aromatic amines is 1. The molecule has 0 aliphatic carbocycles. The zero-order valence-electron chi connectivity index (χ0n) is 12.3. The molecule has 0 amide bonds. The summed E-state index contributed by atoms with van der Waals surface area (Å²) in [6, 6.07) is 16.5. The Bertz CT molecular complexity index is 818. The number of rotatable bonds is 3. The van der Waals surface area contributed by atoms with Crippen molar-refractivity contribution in [1.82, 2.24) is 10.3 Å². The van der Waals surface area contributed by atoms with E-state index in [0.717, 1.165) is 24.2 Å². The molecular weight excluding hydrogens is 272 g/mol. The molecule has 0 bridgehead atoms. The van der Waals surface area contributed by atoms with E-state index in [1.807, 2.05) is 30.5 Å². The molecule has 22 heavy (non-hydrogen) atoms. The van der Waals surface area contributed by atoms with E-state index < -0.39 is 0 Å². The van der Waals surface area contributed by atoms with Crippen molar-refractivity contribution in [2.24, 2.45) is 0 Å². The third-order valence-electron chi connectivity index (χ3n) is 4.05. The van der Waals surface area contributed by atoms with E-state index in [9.17, 15) is 0 Å². The van der Waals surface area contributed by atoms with Crippen molar-refractivity contribution in [1.29, 1.82) is 0 Å². The van der Waals surface area contributed by atoms with Crippen LogP contribution in [0.25, 0.3) is 17.0 Å². The number of nitrogens with one attached hydrogen (secondary N) is 2. The maximum Gasteiger partial charge on any atom is 0.129 e. The number of aromatic nitrogens is 1. The van der Waals surface area contributed by atoms with E-state index in [0.29, 0.717) is 6.61 Å². The topological polar surface area (TPSA) is 37.0 Å². The SMILES string of the molecule is C1=Cc2[nH]c3cccc(OCc4ccccc4)c3c2CCN1. The summed E-state index contributed by atoms with van der Waals surface area (Å²) in [7, 11) is 0. The molecule has 0 atom stereocenters. The van der Waals surface area contributed by atoms with E-state index in [-0.39, 0.29) is 0 Å². The quantitative estimate of drug-likeness (QED) is 0.768. The number of fused-ring (bicyclic) bond motifs is 3. The van der Waals surface area contributed by atoms with Gasteiger partial charge in [0.25, 0.3) is 0 Å². The summed E-state index contributed by atoms with van der Waals surface area (Å²) in [4.78, 5) is 3.49. The fraction of sp³-hybridized carbons (Fsp3) is 0.158. The second-order valence-corrected chi connectivity index (χ2v) is 5.51. The van der Waals surface area contributed by atoms with Crippen molar-refractivity contribution in [3.05, 3.63) is 71.6 Å². The minimum Gasteiger partial charge on any atom is -0.488 e. The third kappa shape index (κ3) is 2.35. The van der Waals surface area contributed by atoms with E-state index in [2.05, 4.69) is 40.6 Å². The van der Waals surface area contributed by atoms with Crippen molar-refractivity contribution in [2.75, 3.05) is 6.54 Å². The van der Waals surface area contributed by atoms with Crippen molar-refractivity contribution in [2.45, 2.75) is 13.0 Å². The van der Waals surface area contributed by atoms with Gasteiger partial charge in [0.2, 0.25) is 0 Å². The summed E-state index contributed by atoms with van der Waals surface area (Å²) in [5, 5.41) is 4.49. The van der Waals surface area contributed by atoms with Gasteiger partial charge in [-0.3, -0.25) is 0 Å². The monoisotopic (exact) mass is 290 g/mol. The van der Waals surface area contributed by atoms with Crippen LogP contribution in [-0.4, -0.2) is 11.5 Å². The second-order valence-electron chi connectivity index (χ2n) is 5.51. The van der Waals surface area contributed by atoms with Gasteiger partial charge in [-0.25, -0.2) is 0 Å². The molecule has 0 spiro atoms. The first-order valence-electron chi connectivity index (χ1n) is 7.62. The molecule has 0 unspecified atom stereocenters. The van der Waals surface area contributed by atoms with Crippen molar-refractivity contribution in [3.8, 4) is 5.75 Å². The standard InChI is InChI=1S/C19H18N2O/c1-2-5-14(6-3-1)13-22-18-8-4-7-17-19(18)15-9-11-20-12-10-16(15)21-17/h1-8,10,12,20-21H,9,11,13H2. The van der Waals surface area contributed by atoms with Gasteiger partial charge >= 0.3 is 0 Å². The Kier molecular flexibility index (Phi) is 3.31. The number of H-pyrrole nitrogens is 1. The predicted molar refractivity (Wildman–Crippen MR) is 89.8 cm³/mol. The number of benzene rings is 2. The van der Waals surface area contributed by atoms with Gasteiger partial charge in [-0.15, -0.1) is 0 Å². The molecule has 2 N–H and O–H groups in total. The van der Waals surface area contributed by atoms with Crippen LogP contribution in [0.15, 0.2) is 54.7 Å². The Morgan fingerprint density at radius 3 is 2.82 bits per heavy atom. The van der Waals surface area contributed by atoms with Gasteiger partial charge in [-0.1, -0.05) is 36.4 Å². The van der Waals surface area contributed by atoms with Crippen molar-refractivity contribution >= 4 is 17.0 Å². The lowest BCUT2D eigenvalue weighted by molar-refractivity contribution is 0.310. The van der Waals surface area contributed by atoms with Crippen LogP contribution in [0.3, 0.4) is 0 Å². The fourth-order valence-corrected chi connectivity index (χ4v) is 2.98. The van der Waals surface area contributed by atoms with Crippen molar-refractivity contribution < 1.29 is 4.74 Å². The molecule has 110 valence electrons. The number of hydrogen-bond donors (Lipinski definition) is 2. The molecule has 0 saturated heterocycles. The normalized spacial score (nSPS) is 13.5. The first-order valence-corrected chi connectivity index (χ1v) is 7.62. The van der Waals surface area contributed by atoms with Gasteiger partial charge in [-0.05, 0) is 42.0 Å². The Balaban J connectivity index is 1.72. The number of hydrogen-bond acceptors (Lipinski definition) is 2. The van der Waals surface area contributed by atoms with Gasteiger partial charge in [0.15, 0.2) is 0 Å². The van der Waals surface area contributed by atoms with Gasteiger partial charge < -0.3 is 15.0 Å². The van der Waals surface area contributed by atoms with Crippen LogP contribution in [0.4, 0.5) is 0 Å². The van der Waals surface area contributed by atoms with Crippen LogP contribution in [0.1, 0.15) is 16.8 Å². The second kappa shape index (κ2) is 5.60. The van der Waals surface area contributed by atoms with Crippen LogP contribution in [-0.2, 0) is 13.0 Å². The summed E-state index contributed by atoms with van der Waals surface area (Å²) >= 11 is 0. The molecule has 2 heterocycles. The summed E-state index contributed by atoms with van der Waals surface area (Å²) in [5.74, 6) is 0.953. The molecule has 1 aromatic heterocycles. The zero-order chi connectivity index (χ0) is 14.8. The molecule has 0 radical (unpaired) electrons. The largest absolute Gasteiger partial charge is 0.488 e. The van der Waals surface area contributed by atoms with Crippen LogP contribution in [0.5, 0.6) is 5.75 Å². The average molecular weight is 290 g/mol. The zero-order valence-corrected chi connectivity index (χ0v) is 12.3. The van der Waals surface area contributed by atoms with E-state index in [1.165, 1.54) is 22.2 Å². The highest BCUT2D eigenvalue weighted by atomic mass is 16.5. The van der Waals surface area contributed by atoms with Crippen molar-refractivity contribution in [3.63, 3.8) is 0 Å². The van der Waals surface area contributed by atoms with Gasteiger partial charge in [0, 0.05) is 23.1 Å². The van der Waals surface area contributed by atoms with E-state index in [4.69, 9.17) is 4.74 Å². The summed E-state index contributed by atoms with van der Waals surface area (Å²) < 4.78 is 6.11. The summed E-state index contributed by atoms with van der Waals surface area (Å²) in [5.41, 5.74) is 4.83. The average Bonchev–Trinajstić information content (AvgIpc) is 2.76. The molecule has 2 aromatic carbocycles. The van der Waals surface area contributed by atoms with E-state index in [1.54, 1.807) is 0 Å². The smallest absolute Gasteiger partial charge is 0.129 e. The first-order chi connectivity index (χ1) is 10.9. The molecule has 3 heteroatoms. The molecule has 0 saturated carbocycles. The van der Waals surface area contributed by atoms with Crippen LogP contribution < -0.4 is 10.1 Å². The Hall–Kier alpha value is -2.68. The number of ether oxygens (including phenoxy) is 1. The molecule has 1 aliphatic heterocycles. The lowest BCUT2D eigenvalue weighted by atomic mass is 10.1. The van der Waals surface area contributed by atoms with Crippen LogP contribution in [0, 0.1) is 0 Å². The highest BCUT2D eigenvalue weighted by molar-refractivity contribution is 5.92. The Morgan fingerprint density at radius 1 is 1.00 bits per heavy atom. The summed E-state index contributed by atoms with van der Waals surface area (Å²) in [6.45, 7) is 1.54. The Labute approximate surface area is 129 Å². The molecule has 1 aliphatic rings. The van der Waals surface area contributed by atoms with Gasteiger partial charge in [-0.2, -0.15) is 0 Å². The minimum atomic E-state index is 0.591. The minimum absolute atomic E-state index is 0.591. The molecule has 0 fully saturated rings. The first kappa shape index (κ1) is 13.0. The maximum absolute atomic E-state index is 6.11. The van der Waals surface area contributed by atoms with Gasteiger partial charge in [0.1, 0.15) is 12.4 Å². The molecule has 3 aromatic rings. The Morgan fingerprint density at radius 2 is 1.91 bits per heavy atom. The fourth-order valence-electron chi connectivity index (χ4n) is 2.98. The highest BCUT2D eigenvalue weighted by Crippen LogP contribution is 2.33. The lowest BCUT2D eigenvalue weighted by Crippen LogP contribution is -2.07. The van der Waals surface area contributed by atoms with E-state index >= 15 is 0 Å². The van der Waals surface area contributed by atoms with Gasteiger partial charge in [0.05, 0.1) is 0 Å². The predicted octanol–water partition coefficient (Wildman–Crippen LogP) is 3.86. The third-order valence-corrected chi connectivity index (χ3v) is 4.05. The lowest BCUT2D eigenvalue weighted by Gasteiger charge is -2.09. The van der Waals surface area contributed by atoms with Crippen LogP contribution >= 0.6 is 0 Å². The molecule has 4 rings (SSSR count). The van der Waals surface area contributed by atoms with Crippen LogP contribution in [0.2, 0.25) is 0 Å².